The molecule has 0 radical (unpaired) electrons. The molecule has 1 heterocycles. The van der Waals surface area contributed by atoms with Gasteiger partial charge in [0.15, 0.2) is 0 Å². The first-order chi connectivity index (χ1) is 6.08. The van der Waals surface area contributed by atoms with Gasteiger partial charge in [-0.3, -0.25) is 0 Å². The normalized spacial score (nSPS) is 29.5. The molecule has 0 aromatic rings. The summed E-state index contributed by atoms with van der Waals surface area (Å²) in [5.74, 6) is 0. The SMILES string of the molecule is C=C(C)CNC1(CN)CCN(C)C1. The number of nitrogens with zero attached hydrogens (tertiary/aromatic N) is 1. The van der Waals surface area contributed by atoms with E-state index >= 15 is 0 Å². The summed E-state index contributed by atoms with van der Waals surface area (Å²) in [6.45, 7) is 9.71. The van der Waals surface area contributed by atoms with Gasteiger partial charge in [0.1, 0.15) is 0 Å². The quantitative estimate of drug-likeness (QED) is 0.611. The van der Waals surface area contributed by atoms with Gasteiger partial charge >= 0.3 is 0 Å². The standard InChI is InChI=1S/C10H21N3/c1-9(2)6-12-10(7-11)4-5-13(3)8-10/h12H,1,4-8,11H2,2-3H3. The monoisotopic (exact) mass is 183 g/mol. The number of hydrogen-bond donors (Lipinski definition) is 2. The van der Waals surface area contributed by atoms with Crippen molar-refractivity contribution in [2.45, 2.75) is 18.9 Å². The van der Waals surface area contributed by atoms with Crippen LogP contribution in [0.15, 0.2) is 12.2 Å². The molecule has 1 aliphatic heterocycles. The van der Waals surface area contributed by atoms with E-state index in [2.05, 4.69) is 23.8 Å². The smallest absolute Gasteiger partial charge is 0.0447 e. The highest BCUT2D eigenvalue weighted by molar-refractivity contribution is 5.01. The first-order valence-corrected chi connectivity index (χ1v) is 4.86. The zero-order chi connectivity index (χ0) is 9.90. The molecule has 0 aliphatic carbocycles. The van der Waals surface area contributed by atoms with E-state index in [1.807, 2.05) is 6.92 Å². The lowest BCUT2D eigenvalue weighted by atomic mass is 9.98. The van der Waals surface area contributed by atoms with Gasteiger partial charge in [0.2, 0.25) is 0 Å². The molecular formula is C10H21N3. The molecule has 0 bridgehead atoms. The lowest BCUT2D eigenvalue weighted by Gasteiger charge is -2.29. The highest BCUT2D eigenvalue weighted by atomic mass is 15.2. The van der Waals surface area contributed by atoms with E-state index in [1.54, 1.807) is 0 Å². The first kappa shape index (κ1) is 10.7. The minimum absolute atomic E-state index is 0.133. The second kappa shape index (κ2) is 4.22. The Hall–Kier alpha value is -0.380. The summed E-state index contributed by atoms with van der Waals surface area (Å²) in [6.07, 6.45) is 1.15. The van der Waals surface area contributed by atoms with E-state index in [9.17, 15) is 0 Å². The third-order valence-corrected chi connectivity index (χ3v) is 2.70. The third kappa shape index (κ3) is 2.79. The maximum atomic E-state index is 5.80. The Kier molecular flexibility index (Phi) is 3.47. The summed E-state index contributed by atoms with van der Waals surface area (Å²) >= 11 is 0. The number of rotatable bonds is 4. The van der Waals surface area contributed by atoms with E-state index in [1.165, 1.54) is 5.57 Å². The molecule has 3 N–H and O–H groups in total. The van der Waals surface area contributed by atoms with Gasteiger partial charge < -0.3 is 16.0 Å². The van der Waals surface area contributed by atoms with Crippen LogP contribution in [0.5, 0.6) is 0 Å². The lowest BCUT2D eigenvalue weighted by Crippen LogP contribution is -2.53. The van der Waals surface area contributed by atoms with Crippen LogP contribution in [-0.4, -0.2) is 43.7 Å². The predicted octanol–water partition coefficient (Wildman–Crippen LogP) is 0.185. The molecule has 76 valence electrons. The van der Waals surface area contributed by atoms with E-state index in [4.69, 9.17) is 5.73 Å². The Morgan fingerprint density at radius 2 is 2.38 bits per heavy atom. The van der Waals surface area contributed by atoms with Crippen LogP contribution in [0.4, 0.5) is 0 Å². The predicted molar refractivity (Wildman–Crippen MR) is 56.7 cm³/mol. The Bertz CT molecular complexity index is 191. The van der Waals surface area contributed by atoms with Crippen molar-refractivity contribution in [3.8, 4) is 0 Å². The average Bonchev–Trinajstić information content (AvgIpc) is 2.45. The first-order valence-electron chi connectivity index (χ1n) is 4.86. The van der Waals surface area contributed by atoms with Gasteiger partial charge in [-0.05, 0) is 26.9 Å². The Balaban J connectivity index is 2.46. The van der Waals surface area contributed by atoms with Crippen LogP contribution in [0.25, 0.3) is 0 Å². The molecule has 1 atom stereocenters. The van der Waals surface area contributed by atoms with E-state index in [-0.39, 0.29) is 5.54 Å². The minimum atomic E-state index is 0.133. The van der Waals surface area contributed by atoms with Gasteiger partial charge in [-0.2, -0.15) is 0 Å². The number of nitrogens with one attached hydrogen (secondary N) is 1. The maximum Gasteiger partial charge on any atom is 0.0447 e. The van der Waals surface area contributed by atoms with Crippen LogP contribution < -0.4 is 11.1 Å². The van der Waals surface area contributed by atoms with E-state index in [0.29, 0.717) is 6.54 Å². The van der Waals surface area contributed by atoms with Crippen LogP contribution in [0.1, 0.15) is 13.3 Å². The Labute approximate surface area is 81.0 Å². The van der Waals surface area contributed by atoms with Gasteiger partial charge in [0, 0.05) is 25.2 Å². The van der Waals surface area contributed by atoms with Crippen molar-refractivity contribution in [1.82, 2.24) is 10.2 Å². The molecule has 0 amide bonds. The van der Waals surface area contributed by atoms with Gasteiger partial charge in [-0.15, -0.1) is 0 Å². The van der Waals surface area contributed by atoms with Crippen molar-refractivity contribution >= 4 is 0 Å². The van der Waals surface area contributed by atoms with E-state index < -0.39 is 0 Å². The van der Waals surface area contributed by atoms with Gasteiger partial charge in [0.05, 0.1) is 0 Å². The Morgan fingerprint density at radius 3 is 2.77 bits per heavy atom. The van der Waals surface area contributed by atoms with Crippen LogP contribution >= 0.6 is 0 Å². The Morgan fingerprint density at radius 1 is 1.69 bits per heavy atom. The molecule has 0 aromatic carbocycles. The molecule has 13 heavy (non-hydrogen) atoms. The van der Waals surface area contributed by atoms with Crippen LogP contribution in [0.3, 0.4) is 0 Å². The van der Waals surface area contributed by atoms with Crippen molar-refractivity contribution in [2.24, 2.45) is 5.73 Å². The number of nitrogens with two attached hydrogens (primary N) is 1. The molecule has 1 unspecified atom stereocenters. The van der Waals surface area contributed by atoms with Crippen LogP contribution in [0.2, 0.25) is 0 Å². The van der Waals surface area contributed by atoms with Crippen molar-refractivity contribution in [3.63, 3.8) is 0 Å². The summed E-state index contributed by atoms with van der Waals surface area (Å²) in [5.41, 5.74) is 7.10. The average molecular weight is 183 g/mol. The highest BCUT2D eigenvalue weighted by Crippen LogP contribution is 2.18. The van der Waals surface area contributed by atoms with Crippen molar-refractivity contribution in [3.05, 3.63) is 12.2 Å². The number of likely N-dealkylation sites (N-methyl/N-ethyl adjacent to an activating group) is 1. The number of likely N-dealkylation sites (tertiary alicyclic amines) is 1. The zero-order valence-electron chi connectivity index (χ0n) is 8.77. The second-order valence-electron chi connectivity index (χ2n) is 4.28. The molecule has 0 aromatic heterocycles. The fourth-order valence-corrected chi connectivity index (χ4v) is 1.80. The molecule has 1 rings (SSSR count). The second-order valence-corrected chi connectivity index (χ2v) is 4.28. The van der Waals surface area contributed by atoms with Crippen molar-refractivity contribution in [2.75, 3.05) is 33.2 Å². The summed E-state index contributed by atoms with van der Waals surface area (Å²) in [5, 5.41) is 3.51. The molecule has 3 heteroatoms. The van der Waals surface area contributed by atoms with Crippen molar-refractivity contribution in [1.29, 1.82) is 0 Å². The molecule has 1 fully saturated rings. The van der Waals surface area contributed by atoms with Gasteiger partial charge in [-0.1, -0.05) is 12.2 Å². The highest BCUT2D eigenvalue weighted by Gasteiger charge is 2.34. The summed E-state index contributed by atoms with van der Waals surface area (Å²) in [7, 11) is 2.14. The molecule has 0 saturated carbocycles. The molecule has 3 nitrogen and oxygen atoms in total. The zero-order valence-corrected chi connectivity index (χ0v) is 8.77. The topological polar surface area (TPSA) is 41.3 Å². The van der Waals surface area contributed by atoms with E-state index in [0.717, 1.165) is 26.1 Å². The summed E-state index contributed by atoms with van der Waals surface area (Å²) in [6, 6.07) is 0. The molecule has 1 saturated heterocycles. The van der Waals surface area contributed by atoms with Crippen molar-refractivity contribution < 1.29 is 0 Å². The molecular weight excluding hydrogens is 162 g/mol. The fraction of sp³-hybridized carbons (Fsp3) is 0.800. The van der Waals surface area contributed by atoms with Crippen LogP contribution in [-0.2, 0) is 0 Å². The maximum absolute atomic E-state index is 5.80. The molecule has 0 spiro atoms. The number of hydrogen-bond acceptors (Lipinski definition) is 3. The lowest BCUT2D eigenvalue weighted by molar-refractivity contribution is 0.324. The third-order valence-electron chi connectivity index (χ3n) is 2.70. The summed E-state index contributed by atoms with van der Waals surface area (Å²) < 4.78 is 0. The minimum Gasteiger partial charge on any atom is -0.329 e. The van der Waals surface area contributed by atoms with Gasteiger partial charge in [0.25, 0.3) is 0 Å². The summed E-state index contributed by atoms with van der Waals surface area (Å²) in [4.78, 5) is 2.32. The van der Waals surface area contributed by atoms with Crippen LogP contribution in [0, 0.1) is 0 Å². The fourth-order valence-electron chi connectivity index (χ4n) is 1.80. The van der Waals surface area contributed by atoms with Gasteiger partial charge in [-0.25, -0.2) is 0 Å². The molecule has 1 aliphatic rings. The largest absolute Gasteiger partial charge is 0.329 e.